The Balaban J connectivity index is 2.12. The summed E-state index contributed by atoms with van der Waals surface area (Å²) in [4.78, 5) is 10.7. The lowest BCUT2D eigenvalue weighted by Crippen LogP contribution is -1.96. The van der Waals surface area contributed by atoms with E-state index in [4.69, 9.17) is 5.11 Å². The predicted octanol–water partition coefficient (Wildman–Crippen LogP) is 3.62. The minimum Gasteiger partial charge on any atom is -0.478 e. The van der Waals surface area contributed by atoms with Crippen LogP contribution in [0.4, 0.5) is 0 Å². The molecule has 0 unspecified atom stereocenters. The molecule has 0 aromatic heterocycles. The van der Waals surface area contributed by atoms with Crippen LogP contribution in [0, 0.1) is 0 Å². The second kappa shape index (κ2) is 5.32. The first-order valence-electron chi connectivity index (χ1n) is 5.72. The molecule has 2 rings (SSSR count). The Bertz CT molecular complexity index is 551. The highest BCUT2D eigenvalue weighted by molar-refractivity contribution is 5.87. The molecule has 90 valence electrons. The molecule has 0 radical (unpaired) electrons. The van der Waals surface area contributed by atoms with E-state index in [0.29, 0.717) is 5.56 Å². The molecule has 0 spiro atoms. The third-order valence-corrected chi connectivity index (χ3v) is 2.82. The zero-order valence-electron chi connectivity index (χ0n) is 9.97. The summed E-state index contributed by atoms with van der Waals surface area (Å²) in [6, 6.07) is 15.1. The molecule has 0 aliphatic heterocycles. The predicted molar refractivity (Wildman–Crippen MR) is 72.7 cm³/mol. The van der Waals surface area contributed by atoms with Gasteiger partial charge in [0.15, 0.2) is 0 Å². The highest BCUT2D eigenvalue weighted by atomic mass is 16.4. The van der Waals surface area contributed by atoms with Crippen molar-refractivity contribution < 1.29 is 9.90 Å². The fourth-order valence-corrected chi connectivity index (χ4v) is 1.77. The minimum absolute atomic E-state index is 0.320. The first-order chi connectivity index (χ1) is 8.69. The monoisotopic (exact) mass is 238 g/mol. The maximum Gasteiger partial charge on any atom is 0.335 e. The lowest BCUT2D eigenvalue weighted by Gasteiger charge is -2.03. The molecular weight excluding hydrogens is 224 g/mol. The van der Waals surface area contributed by atoms with Gasteiger partial charge in [0, 0.05) is 0 Å². The molecular formula is C16H14O2. The summed E-state index contributed by atoms with van der Waals surface area (Å²) in [5.74, 6) is -0.892. The summed E-state index contributed by atoms with van der Waals surface area (Å²) in [5.41, 5.74) is 3.72. The standard InChI is InChI=1S/C16H14O2/c1-2-12-3-5-13(6-4-12)11-14-7-9-15(10-8-14)16(17)18/h2-10H,1,11H2,(H,17,18). The van der Waals surface area contributed by atoms with E-state index in [-0.39, 0.29) is 0 Å². The van der Waals surface area contributed by atoms with Crippen molar-refractivity contribution in [3.8, 4) is 0 Å². The van der Waals surface area contributed by atoms with Crippen LogP contribution in [0.2, 0.25) is 0 Å². The maximum atomic E-state index is 10.7. The molecule has 18 heavy (non-hydrogen) atoms. The average molecular weight is 238 g/mol. The van der Waals surface area contributed by atoms with Crippen LogP contribution in [-0.4, -0.2) is 11.1 Å². The largest absolute Gasteiger partial charge is 0.478 e. The topological polar surface area (TPSA) is 37.3 Å². The van der Waals surface area contributed by atoms with Crippen LogP contribution in [0.5, 0.6) is 0 Å². The van der Waals surface area contributed by atoms with E-state index in [0.717, 1.165) is 17.5 Å². The van der Waals surface area contributed by atoms with Gasteiger partial charge in [0.1, 0.15) is 0 Å². The third-order valence-electron chi connectivity index (χ3n) is 2.82. The molecule has 0 atom stereocenters. The molecule has 2 aromatic carbocycles. The van der Waals surface area contributed by atoms with Gasteiger partial charge < -0.3 is 5.11 Å². The van der Waals surface area contributed by atoms with Gasteiger partial charge in [0.25, 0.3) is 0 Å². The van der Waals surface area contributed by atoms with E-state index in [1.807, 2.05) is 30.3 Å². The van der Waals surface area contributed by atoms with Crippen LogP contribution in [-0.2, 0) is 6.42 Å². The molecule has 1 N–H and O–H groups in total. The molecule has 2 heteroatoms. The van der Waals surface area contributed by atoms with Crippen molar-refractivity contribution in [3.05, 3.63) is 77.4 Å². The van der Waals surface area contributed by atoms with Crippen molar-refractivity contribution in [2.45, 2.75) is 6.42 Å². The van der Waals surface area contributed by atoms with Gasteiger partial charge in [-0.1, -0.05) is 49.1 Å². The maximum absolute atomic E-state index is 10.7. The molecule has 0 aliphatic rings. The fourth-order valence-electron chi connectivity index (χ4n) is 1.77. The second-order valence-corrected chi connectivity index (χ2v) is 4.12. The Morgan fingerprint density at radius 2 is 1.50 bits per heavy atom. The van der Waals surface area contributed by atoms with Gasteiger partial charge in [-0.15, -0.1) is 0 Å². The average Bonchev–Trinajstić information content (AvgIpc) is 2.40. The van der Waals surface area contributed by atoms with Gasteiger partial charge in [-0.25, -0.2) is 4.79 Å². The van der Waals surface area contributed by atoms with E-state index >= 15 is 0 Å². The Hall–Kier alpha value is -2.35. The van der Waals surface area contributed by atoms with Crippen LogP contribution >= 0.6 is 0 Å². The van der Waals surface area contributed by atoms with E-state index in [9.17, 15) is 4.79 Å². The summed E-state index contributed by atoms with van der Waals surface area (Å²) >= 11 is 0. The van der Waals surface area contributed by atoms with Gasteiger partial charge in [0.2, 0.25) is 0 Å². The number of carbonyl (C=O) groups is 1. The number of aromatic carboxylic acids is 1. The van der Waals surface area contributed by atoms with Crippen LogP contribution < -0.4 is 0 Å². The van der Waals surface area contributed by atoms with E-state index in [2.05, 4.69) is 18.7 Å². The number of hydrogen-bond donors (Lipinski definition) is 1. The summed E-state index contributed by atoms with van der Waals surface area (Å²) in [7, 11) is 0. The number of benzene rings is 2. The number of rotatable bonds is 4. The number of carboxylic acid groups (broad SMARTS) is 1. The van der Waals surface area contributed by atoms with Crippen molar-refractivity contribution in [2.24, 2.45) is 0 Å². The smallest absolute Gasteiger partial charge is 0.335 e. The molecule has 0 saturated carbocycles. The first-order valence-corrected chi connectivity index (χ1v) is 5.72. The van der Waals surface area contributed by atoms with Crippen LogP contribution in [0.15, 0.2) is 55.1 Å². The summed E-state index contributed by atoms with van der Waals surface area (Å²) in [6.07, 6.45) is 2.61. The van der Waals surface area contributed by atoms with Gasteiger partial charge >= 0.3 is 5.97 Å². The summed E-state index contributed by atoms with van der Waals surface area (Å²) < 4.78 is 0. The van der Waals surface area contributed by atoms with Gasteiger partial charge in [-0.3, -0.25) is 0 Å². The highest BCUT2D eigenvalue weighted by Crippen LogP contribution is 2.12. The summed E-state index contributed by atoms with van der Waals surface area (Å²) in [6.45, 7) is 3.72. The van der Waals surface area contributed by atoms with Crippen molar-refractivity contribution in [2.75, 3.05) is 0 Å². The zero-order chi connectivity index (χ0) is 13.0. The quantitative estimate of drug-likeness (QED) is 0.883. The Labute approximate surface area is 106 Å². The number of hydrogen-bond acceptors (Lipinski definition) is 1. The molecule has 0 heterocycles. The Morgan fingerprint density at radius 3 is 1.94 bits per heavy atom. The second-order valence-electron chi connectivity index (χ2n) is 4.12. The van der Waals surface area contributed by atoms with Gasteiger partial charge in [-0.2, -0.15) is 0 Å². The Morgan fingerprint density at radius 1 is 1.00 bits per heavy atom. The minimum atomic E-state index is -0.892. The molecule has 2 nitrogen and oxygen atoms in total. The molecule has 2 aromatic rings. The molecule has 0 fully saturated rings. The van der Waals surface area contributed by atoms with Crippen molar-refractivity contribution in [1.29, 1.82) is 0 Å². The first kappa shape index (κ1) is 12.1. The SMILES string of the molecule is C=Cc1ccc(Cc2ccc(C(=O)O)cc2)cc1. The lowest BCUT2D eigenvalue weighted by atomic mass is 10.0. The van der Waals surface area contributed by atoms with Crippen LogP contribution in [0.1, 0.15) is 27.0 Å². The van der Waals surface area contributed by atoms with Crippen molar-refractivity contribution in [3.63, 3.8) is 0 Å². The lowest BCUT2D eigenvalue weighted by molar-refractivity contribution is 0.0697. The van der Waals surface area contributed by atoms with Crippen LogP contribution in [0.3, 0.4) is 0 Å². The molecule has 0 amide bonds. The van der Waals surface area contributed by atoms with Gasteiger partial charge in [0.05, 0.1) is 5.56 Å². The van der Waals surface area contributed by atoms with Crippen LogP contribution in [0.25, 0.3) is 6.08 Å². The molecule has 0 aliphatic carbocycles. The Kier molecular flexibility index (Phi) is 3.58. The van der Waals surface area contributed by atoms with E-state index < -0.39 is 5.97 Å². The molecule has 0 bridgehead atoms. The summed E-state index contributed by atoms with van der Waals surface area (Å²) in [5, 5.41) is 8.81. The molecule has 0 saturated heterocycles. The highest BCUT2D eigenvalue weighted by Gasteiger charge is 2.02. The number of carboxylic acids is 1. The van der Waals surface area contributed by atoms with Gasteiger partial charge in [-0.05, 0) is 35.2 Å². The fraction of sp³-hybridized carbons (Fsp3) is 0.0625. The van der Waals surface area contributed by atoms with Crippen molar-refractivity contribution >= 4 is 12.0 Å². The van der Waals surface area contributed by atoms with E-state index in [1.165, 1.54) is 5.56 Å². The third kappa shape index (κ3) is 2.86. The van der Waals surface area contributed by atoms with E-state index in [1.54, 1.807) is 12.1 Å². The zero-order valence-corrected chi connectivity index (χ0v) is 9.97. The van der Waals surface area contributed by atoms with Crippen molar-refractivity contribution in [1.82, 2.24) is 0 Å². The normalized spacial score (nSPS) is 10.0.